The molecule has 0 fully saturated rings. The molecular formula is C12H16O5S. The first kappa shape index (κ1) is 14.5. The van der Waals surface area contributed by atoms with Crippen molar-refractivity contribution in [1.82, 2.24) is 0 Å². The van der Waals surface area contributed by atoms with Crippen LogP contribution in [0.5, 0.6) is 5.75 Å². The fraction of sp³-hybridized carbons (Fsp3) is 0.417. The minimum Gasteiger partial charge on any atom is -0.490 e. The topological polar surface area (TPSA) is 80.7 Å². The quantitative estimate of drug-likeness (QED) is 0.905. The lowest BCUT2D eigenvalue weighted by Gasteiger charge is -2.16. The highest BCUT2D eigenvalue weighted by atomic mass is 32.2. The summed E-state index contributed by atoms with van der Waals surface area (Å²) in [5.41, 5.74) is 0.355. The van der Waals surface area contributed by atoms with Gasteiger partial charge in [0.1, 0.15) is 11.3 Å². The molecule has 0 atom stereocenters. The van der Waals surface area contributed by atoms with Gasteiger partial charge in [0, 0.05) is 6.26 Å². The normalized spacial score (nSPS) is 11.6. The summed E-state index contributed by atoms with van der Waals surface area (Å²) in [4.78, 5) is 11.1. The van der Waals surface area contributed by atoms with Crippen molar-refractivity contribution in [1.29, 1.82) is 0 Å². The van der Waals surface area contributed by atoms with Crippen LogP contribution >= 0.6 is 0 Å². The number of carbonyl (C=O) groups is 1. The lowest BCUT2D eigenvalue weighted by atomic mass is 10.1. The second-order valence-electron chi connectivity index (χ2n) is 4.36. The van der Waals surface area contributed by atoms with Crippen LogP contribution in [0.1, 0.15) is 29.8 Å². The molecule has 0 aliphatic carbocycles. The number of hydrogen-bond donors (Lipinski definition) is 1. The maximum absolute atomic E-state index is 11.5. The lowest BCUT2D eigenvalue weighted by molar-refractivity contribution is 0.0690. The molecule has 0 saturated heterocycles. The number of benzene rings is 1. The van der Waals surface area contributed by atoms with E-state index in [0.29, 0.717) is 5.56 Å². The van der Waals surface area contributed by atoms with Gasteiger partial charge in [0.2, 0.25) is 0 Å². The summed E-state index contributed by atoms with van der Waals surface area (Å²) in [6.07, 6.45) is 0.849. The van der Waals surface area contributed by atoms with Gasteiger partial charge in [-0.2, -0.15) is 0 Å². The Morgan fingerprint density at radius 3 is 2.28 bits per heavy atom. The number of hydrogen-bond acceptors (Lipinski definition) is 4. The molecule has 1 rings (SSSR count). The van der Waals surface area contributed by atoms with Crippen molar-refractivity contribution < 1.29 is 23.1 Å². The van der Waals surface area contributed by atoms with Gasteiger partial charge >= 0.3 is 5.97 Å². The fourth-order valence-electron chi connectivity index (χ4n) is 1.51. The Balaban J connectivity index is 3.51. The van der Waals surface area contributed by atoms with Crippen molar-refractivity contribution in [2.75, 3.05) is 6.26 Å². The second kappa shape index (κ2) is 4.97. The van der Waals surface area contributed by atoms with Gasteiger partial charge in [-0.05, 0) is 38.5 Å². The van der Waals surface area contributed by atoms with Crippen molar-refractivity contribution in [2.45, 2.75) is 31.8 Å². The first-order valence-corrected chi connectivity index (χ1v) is 7.26. The number of rotatable bonds is 4. The lowest BCUT2D eigenvalue weighted by Crippen LogP contribution is -2.12. The first-order valence-electron chi connectivity index (χ1n) is 5.37. The van der Waals surface area contributed by atoms with E-state index in [1.54, 1.807) is 20.8 Å². The zero-order valence-corrected chi connectivity index (χ0v) is 11.5. The van der Waals surface area contributed by atoms with E-state index in [1.807, 2.05) is 0 Å². The van der Waals surface area contributed by atoms with Crippen LogP contribution in [-0.4, -0.2) is 31.9 Å². The molecule has 0 aliphatic heterocycles. The Morgan fingerprint density at radius 1 is 1.33 bits per heavy atom. The summed E-state index contributed by atoms with van der Waals surface area (Å²) in [7, 11) is -3.45. The third-order valence-electron chi connectivity index (χ3n) is 2.26. The largest absolute Gasteiger partial charge is 0.490 e. The van der Waals surface area contributed by atoms with Crippen LogP contribution < -0.4 is 4.74 Å². The maximum Gasteiger partial charge on any atom is 0.339 e. The monoisotopic (exact) mass is 272 g/mol. The smallest absolute Gasteiger partial charge is 0.339 e. The van der Waals surface area contributed by atoms with E-state index in [1.165, 1.54) is 6.07 Å². The summed E-state index contributed by atoms with van der Waals surface area (Å²) in [6, 6.07) is 2.54. The Bertz CT molecular complexity index is 572. The van der Waals surface area contributed by atoms with E-state index in [9.17, 15) is 13.2 Å². The Kier molecular flexibility index (Phi) is 4.01. The van der Waals surface area contributed by atoms with Crippen molar-refractivity contribution >= 4 is 15.8 Å². The fourth-order valence-corrected chi connectivity index (χ4v) is 2.23. The summed E-state index contributed by atoms with van der Waals surface area (Å²) >= 11 is 0. The van der Waals surface area contributed by atoms with Gasteiger partial charge in [0.25, 0.3) is 0 Å². The van der Waals surface area contributed by atoms with Gasteiger partial charge < -0.3 is 9.84 Å². The summed E-state index contributed by atoms with van der Waals surface area (Å²) in [5, 5.41) is 9.12. The zero-order chi connectivity index (χ0) is 14.1. The number of carboxylic acid groups (broad SMARTS) is 1. The summed E-state index contributed by atoms with van der Waals surface area (Å²) in [6.45, 7) is 5.17. The van der Waals surface area contributed by atoms with Crippen LogP contribution in [0.4, 0.5) is 0 Å². The predicted molar refractivity (Wildman–Crippen MR) is 67.0 cm³/mol. The van der Waals surface area contributed by atoms with Crippen molar-refractivity contribution in [3.8, 4) is 5.75 Å². The van der Waals surface area contributed by atoms with Gasteiger partial charge in [-0.3, -0.25) is 0 Å². The predicted octanol–water partition coefficient (Wildman–Crippen LogP) is 1.88. The number of aromatic carboxylic acids is 1. The SMILES string of the molecule is Cc1cc(S(C)(=O)=O)cc(C(=O)O)c1OC(C)C. The molecule has 0 radical (unpaired) electrons. The molecule has 0 aromatic heterocycles. The average Bonchev–Trinajstić information content (AvgIpc) is 2.17. The van der Waals surface area contributed by atoms with Crippen molar-refractivity contribution in [3.05, 3.63) is 23.3 Å². The van der Waals surface area contributed by atoms with E-state index in [2.05, 4.69) is 0 Å². The van der Waals surface area contributed by atoms with Gasteiger partial charge in [-0.25, -0.2) is 13.2 Å². The third kappa shape index (κ3) is 3.22. The third-order valence-corrected chi connectivity index (χ3v) is 3.35. The molecule has 0 spiro atoms. The molecular weight excluding hydrogens is 256 g/mol. The summed E-state index contributed by atoms with van der Waals surface area (Å²) in [5.74, 6) is -0.996. The molecule has 0 saturated carbocycles. The molecule has 0 bridgehead atoms. The number of sulfone groups is 1. The molecule has 0 unspecified atom stereocenters. The van der Waals surface area contributed by atoms with Crippen LogP contribution in [0, 0.1) is 6.92 Å². The minimum absolute atomic E-state index is 0.0199. The highest BCUT2D eigenvalue weighted by Crippen LogP contribution is 2.28. The van der Waals surface area contributed by atoms with E-state index in [-0.39, 0.29) is 22.3 Å². The standard InChI is InChI=1S/C12H16O5S/c1-7(2)17-11-8(3)5-9(18(4,15)16)6-10(11)12(13)14/h5-7H,1-4H3,(H,13,14). The molecule has 18 heavy (non-hydrogen) atoms. The van der Waals surface area contributed by atoms with Crippen LogP contribution in [0.25, 0.3) is 0 Å². The molecule has 1 aromatic carbocycles. The molecule has 1 N–H and O–H groups in total. The maximum atomic E-state index is 11.5. The first-order chi connectivity index (χ1) is 8.12. The highest BCUT2D eigenvalue weighted by Gasteiger charge is 2.20. The van der Waals surface area contributed by atoms with Gasteiger partial charge in [0.15, 0.2) is 9.84 Å². The zero-order valence-electron chi connectivity index (χ0n) is 10.7. The van der Waals surface area contributed by atoms with Crippen LogP contribution in [-0.2, 0) is 9.84 Å². The van der Waals surface area contributed by atoms with Crippen LogP contribution in [0.3, 0.4) is 0 Å². The molecule has 100 valence electrons. The molecule has 5 nitrogen and oxygen atoms in total. The van der Waals surface area contributed by atoms with E-state index in [0.717, 1.165) is 12.3 Å². The Hall–Kier alpha value is -1.56. The van der Waals surface area contributed by atoms with Crippen LogP contribution in [0.2, 0.25) is 0 Å². The average molecular weight is 272 g/mol. The molecule has 0 amide bonds. The molecule has 6 heteroatoms. The van der Waals surface area contributed by atoms with E-state index < -0.39 is 15.8 Å². The van der Waals surface area contributed by atoms with E-state index in [4.69, 9.17) is 9.84 Å². The molecule has 0 heterocycles. The molecule has 0 aliphatic rings. The summed E-state index contributed by atoms with van der Waals surface area (Å²) < 4.78 is 28.3. The second-order valence-corrected chi connectivity index (χ2v) is 6.38. The Morgan fingerprint density at radius 2 is 1.89 bits per heavy atom. The van der Waals surface area contributed by atoms with Gasteiger partial charge in [0.05, 0.1) is 11.0 Å². The number of ether oxygens (including phenoxy) is 1. The van der Waals surface area contributed by atoms with Crippen LogP contribution in [0.15, 0.2) is 17.0 Å². The van der Waals surface area contributed by atoms with Gasteiger partial charge in [-0.1, -0.05) is 0 Å². The van der Waals surface area contributed by atoms with E-state index >= 15 is 0 Å². The van der Waals surface area contributed by atoms with Crippen molar-refractivity contribution in [3.63, 3.8) is 0 Å². The Labute approximate surface area is 106 Å². The molecule has 1 aromatic rings. The number of aryl methyl sites for hydroxylation is 1. The minimum atomic E-state index is -3.45. The van der Waals surface area contributed by atoms with Crippen molar-refractivity contribution in [2.24, 2.45) is 0 Å². The highest BCUT2D eigenvalue weighted by molar-refractivity contribution is 7.90. The van der Waals surface area contributed by atoms with Gasteiger partial charge in [-0.15, -0.1) is 0 Å². The number of carboxylic acids is 1.